The number of hydrogen-bond donors (Lipinski definition) is 0. The number of benzene rings is 1. The van der Waals surface area contributed by atoms with E-state index in [0.717, 1.165) is 36.1 Å². The molecule has 190 valence electrons. The first-order valence-electron chi connectivity index (χ1n) is 12.0. The van der Waals surface area contributed by atoms with Gasteiger partial charge in [0, 0.05) is 47.1 Å². The van der Waals surface area contributed by atoms with Crippen LogP contribution in [0.25, 0.3) is 0 Å². The molecule has 2 aliphatic heterocycles. The van der Waals surface area contributed by atoms with Gasteiger partial charge in [-0.25, -0.2) is 4.39 Å². The molecule has 0 N–H and O–H groups in total. The van der Waals surface area contributed by atoms with Gasteiger partial charge in [-0.05, 0) is 65.3 Å². The molecule has 8 heteroatoms. The maximum Gasteiger partial charge on any atom is 0.301 e. The summed E-state index contributed by atoms with van der Waals surface area (Å²) in [6.45, 7) is 6.49. The Morgan fingerprint density at radius 2 is 1.79 bits per heavy atom. The van der Waals surface area contributed by atoms with Gasteiger partial charge in [0.25, 0.3) is 0 Å². The maximum atomic E-state index is 13.4. The summed E-state index contributed by atoms with van der Waals surface area (Å²) >= 11 is 1.54. The molecule has 0 aromatic heterocycles. The highest BCUT2D eigenvalue weighted by Crippen LogP contribution is 2.30. The molecule has 1 amide bonds. The molecule has 0 bridgehead atoms. The van der Waals surface area contributed by atoms with E-state index >= 15 is 0 Å². The predicted octanol–water partition coefficient (Wildman–Crippen LogP) is 6.26. The first-order chi connectivity index (χ1) is 16.3. The van der Waals surface area contributed by atoms with Crippen molar-refractivity contribution in [1.29, 1.82) is 0 Å². The first-order valence-corrected chi connectivity index (χ1v) is 13.3. The summed E-state index contributed by atoms with van der Waals surface area (Å²) in [5.74, 6) is -3.48. The van der Waals surface area contributed by atoms with Gasteiger partial charge >= 0.3 is 5.92 Å². The smallest absolute Gasteiger partial charge is 0.301 e. The van der Waals surface area contributed by atoms with E-state index < -0.39 is 12.6 Å². The van der Waals surface area contributed by atoms with Crippen LogP contribution in [-0.2, 0) is 10.7 Å². The van der Waals surface area contributed by atoms with Crippen molar-refractivity contribution in [2.75, 3.05) is 39.1 Å². The van der Waals surface area contributed by atoms with E-state index in [4.69, 9.17) is 0 Å². The van der Waals surface area contributed by atoms with Gasteiger partial charge in [-0.1, -0.05) is 30.7 Å². The van der Waals surface area contributed by atoms with E-state index in [-0.39, 0.29) is 11.1 Å². The Hall–Kier alpha value is -1.80. The average Bonchev–Trinajstić information content (AvgIpc) is 3.13. The Balaban J connectivity index is 0.000000246. The van der Waals surface area contributed by atoms with E-state index in [9.17, 15) is 18.0 Å². The van der Waals surface area contributed by atoms with Crippen LogP contribution in [0.5, 0.6) is 0 Å². The second-order valence-corrected chi connectivity index (χ2v) is 9.87. The number of nitrogens with zero attached hydrogens (tertiary/aromatic N) is 3. The lowest BCUT2D eigenvalue weighted by Crippen LogP contribution is -2.39. The Kier molecular flexibility index (Phi) is 12.2. The lowest BCUT2D eigenvalue weighted by atomic mass is 10.0. The summed E-state index contributed by atoms with van der Waals surface area (Å²) in [4.78, 5) is 20.5. The maximum absolute atomic E-state index is 13.4. The number of rotatable bonds is 7. The molecule has 1 aromatic carbocycles. The number of hydrogen-bond acceptors (Lipinski definition) is 4. The number of carbonyl (C=O) groups is 1. The highest BCUT2D eigenvalue weighted by atomic mass is 32.2. The normalized spacial score (nSPS) is 20.9. The lowest BCUT2D eigenvalue weighted by molar-refractivity contribution is -0.118. The number of piperidine rings is 1. The number of aliphatic imine (C=N–C) groups is 1. The minimum Gasteiger partial charge on any atom is -0.345 e. The van der Waals surface area contributed by atoms with Gasteiger partial charge in [-0.15, -0.1) is 11.8 Å². The molecule has 34 heavy (non-hydrogen) atoms. The van der Waals surface area contributed by atoms with Crippen LogP contribution in [0.15, 0.2) is 39.9 Å². The zero-order chi connectivity index (χ0) is 25.0. The molecule has 3 rings (SSSR count). The Bertz CT molecular complexity index is 825. The van der Waals surface area contributed by atoms with Crippen LogP contribution in [0.2, 0.25) is 0 Å². The van der Waals surface area contributed by atoms with Crippen molar-refractivity contribution in [3.63, 3.8) is 0 Å². The Morgan fingerprint density at radius 1 is 1.09 bits per heavy atom. The number of amides is 1. The molecular weight excluding hydrogens is 459 g/mol. The number of thioether (sulfide) groups is 1. The van der Waals surface area contributed by atoms with Gasteiger partial charge < -0.3 is 9.80 Å². The van der Waals surface area contributed by atoms with Gasteiger partial charge in [-0.2, -0.15) is 8.78 Å². The number of halogens is 3. The van der Waals surface area contributed by atoms with E-state index in [0.29, 0.717) is 0 Å². The molecule has 2 fully saturated rings. The van der Waals surface area contributed by atoms with Crippen molar-refractivity contribution in [1.82, 2.24) is 9.80 Å². The molecule has 2 aliphatic rings. The zero-order valence-electron chi connectivity index (χ0n) is 20.6. The number of alkyl halides is 3. The summed E-state index contributed by atoms with van der Waals surface area (Å²) in [6.07, 6.45) is 12.1. The van der Waals surface area contributed by atoms with Crippen molar-refractivity contribution in [2.24, 2.45) is 4.99 Å². The molecule has 0 radical (unpaired) electrons. The Morgan fingerprint density at radius 3 is 2.44 bits per heavy atom. The van der Waals surface area contributed by atoms with E-state index in [1.807, 2.05) is 18.1 Å². The molecule has 0 saturated carbocycles. The summed E-state index contributed by atoms with van der Waals surface area (Å²) in [5, 5.41) is 0. The third kappa shape index (κ3) is 8.77. The standard InChI is InChI=1S/C14H16F3NS.C12H22N2O/c1-10(11(2)19-3)18-8-12-6-4-5-7-13(12)14(16,17)9-15;15-11-13-7-4-5-12(6-10-13)14-8-2-1-3-9-14/h4-8H,9H2,1-3H3;11-12H,1-10H2/b11-10-,18-8?;. The highest BCUT2D eigenvalue weighted by molar-refractivity contribution is 8.02. The third-order valence-electron chi connectivity index (χ3n) is 6.52. The molecule has 0 spiro atoms. The van der Waals surface area contributed by atoms with Gasteiger partial charge in [0.05, 0.1) is 0 Å². The molecular formula is C26H38F3N3OS. The van der Waals surface area contributed by atoms with Gasteiger partial charge in [0.2, 0.25) is 6.41 Å². The lowest BCUT2D eigenvalue weighted by Gasteiger charge is -2.34. The minimum atomic E-state index is -3.48. The second kappa shape index (κ2) is 14.6. The number of carbonyl (C=O) groups excluding carboxylic acids is 1. The van der Waals surface area contributed by atoms with Gasteiger partial charge in [-0.3, -0.25) is 9.79 Å². The molecule has 0 aliphatic carbocycles. The van der Waals surface area contributed by atoms with E-state index in [2.05, 4.69) is 9.89 Å². The predicted molar refractivity (Wildman–Crippen MR) is 136 cm³/mol. The van der Waals surface area contributed by atoms with Crippen LogP contribution in [-0.4, -0.2) is 67.6 Å². The summed E-state index contributed by atoms with van der Waals surface area (Å²) in [5.41, 5.74) is 0.653. The molecule has 1 aromatic rings. The minimum absolute atomic E-state index is 0.235. The zero-order valence-corrected chi connectivity index (χ0v) is 21.4. The molecule has 1 unspecified atom stereocenters. The van der Waals surface area contributed by atoms with Gasteiger partial charge in [0.15, 0.2) is 6.67 Å². The number of allylic oxidation sites excluding steroid dienone is 2. The van der Waals surface area contributed by atoms with E-state index in [1.54, 1.807) is 13.0 Å². The van der Waals surface area contributed by atoms with Crippen molar-refractivity contribution >= 4 is 24.4 Å². The highest BCUT2D eigenvalue weighted by Gasteiger charge is 2.33. The largest absolute Gasteiger partial charge is 0.345 e. The fourth-order valence-corrected chi connectivity index (χ4v) is 4.62. The quantitative estimate of drug-likeness (QED) is 0.329. The fraction of sp³-hybridized carbons (Fsp3) is 0.615. The van der Waals surface area contributed by atoms with Crippen LogP contribution in [0.3, 0.4) is 0 Å². The van der Waals surface area contributed by atoms with Gasteiger partial charge in [0.1, 0.15) is 0 Å². The third-order valence-corrected chi connectivity index (χ3v) is 7.43. The van der Waals surface area contributed by atoms with Crippen LogP contribution in [0.4, 0.5) is 13.2 Å². The summed E-state index contributed by atoms with van der Waals surface area (Å²) in [6, 6.07) is 6.56. The van der Waals surface area contributed by atoms with Crippen LogP contribution < -0.4 is 0 Å². The molecule has 2 heterocycles. The second-order valence-electron chi connectivity index (χ2n) is 8.85. The molecule has 4 nitrogen and oxygen atoms in total. The summed E-state index contributed by atoms with van der Waals surface area (Å²) in [7, 11) is 0. The topological polar surface area (TPSA) is 35.9 Å². The molecule has 2 saturated heterocycles. The van der Waals surface area contributed by atoms with Crippen molar-refractivity contribution in [3.8, 4) is 0 Å². The first kappa shape index (κ1) is 28.4. The average molecular weight is 498 g/mol. The van der Waals surface area contributed by atoms with Crippen molar-refractivity contribution in [3.05, 3.63) is 46.0 Å². The Labute approximate surface area is 206 Å². The SMILES string of the molecule is CS/C(C)=C(/C)N=Cc1ccccc1C(F)(F)CF.O=CN1CCCC(N2CCCCC2)CC1. The molecule has 1 atom stereocenters. The van der Waals surface area contributed by atoms with E-state index in [1.165, 1.54) is 87.8 Å². The van der Waals surface area contributed by atoms with Crippen LogP contribution in [0.1, 0.15) is 63.5 Å². The monoisotopic (exact) mass is 497 g/mol. The van der Waals surface area contributed by atoms with Crippen LogP contribution in [0, 0.1) is 0 Å². The fourth-order valence-electron chi connectivity index (χ4n) is 4.27. The van der Waals surface area contributed by atoms with Crippen molar-refractivity contribution in [2.45, 2.75) is 64.3 Å². The van der Waals surface area contributed by atoms with Crippen LogP contribution >= 0.6 is 11.8 Å². The number of likely N-dealkylation sites (tertiary alicyclic amines) is 2. The van der Waals surface area contributed by atoms with Crippen molar-refractivity contribution < 1.29 is 18.0 Å². The summed E-state index contributed by atoms with van der Waals surface area (Å²) < 4.78 is 39.3.